The first-order valence-electron chi connectivity index (χ1n) is 5.10. The van der Waals surface area contributed by atoms with Gasteiger partial charge in [0.1, 0.15) is 5.82 Å². The van der Waals surface area contributed by atoms with Crippen molar-refractivity contribution in [2.45, 2.75) is 6.92 Å². The molecule has 0 amide bonds. The molecule has 0 aromatic heterocycles. The molecule has 1 fully saturated rings. The largest absolute Gasteiger partial charge is 0.369 e. The van der Waals surface area contributed by atoms with E-state index in [4.69, 9.17) is 0 Å². The van der Waals surface area contributed by atoms with Crippen LogP contribution >= 0.6 is 15.9 Å². The average molecular weight is 273 g/mol. The fourth-order valence-electron chi connectivity index (χ4n) is 1.88. The quantitative estimate of drug-likeness (QED) is 0.844. The van der Waals surface area contributed by atoms with Crippen LogP contribution in [0.2, 0.25) is 0 Å². The number of halogens is 2. The Bertz CT molecular complexity index is 362. The highest BCUT2D eigenvalue weighted by Gasteiger charge is 2.14. The van der Waals surface area contributed by atoms with E-state index in [1.54, 1.807) is 6.07 Å². The maximum Gasteiger partial charge on any atom is 0.139 e. The van der Waals surface area contributed by atoms with Crippen LogP contribution in [0.25, 0.3) is 0 Å². The van der Waals surface area contributed by atoms with Crippen molar-refractivity contribution in [1.29, 1.82) is 0 Å². The Balaban J connectivity index is 2.30. The molecule has 0 radical (unpaired) electrons. The summed E-state index contributed by atoms with van der Waals surface area (Å²) in [5.41, 5.74) is 2.13. The summed E-state index contributed by atoms with van der Waals surface area (Å²) in [7, 11) is 0. The molecule has 1 heterocycles. The number of benzene rings is 1. The number of nitrogens with zero attached hydrogens (tertiary/aromatic N) is 1. The van der Waals surface area contributed by atoms with Gasteiger partial charge in [0.2, 0.25) is 0 Å². The van der Waals surface area contributed by atoms with Crippen LogP contribution in [0.5, 0.6) is 0 Å². The molecule has 2 rings (SSSR count). The number of hydrogen-bond acceptors (Lipinski definition) is 2. The highest BCUT2D eigenvalue weighted by Crippen LogP contribution is 2.26. The van der Waals surface area contributed by atoms with Gasteiger partial charge in [0.05, 0.1) is 4.47 Å². The predicted octanol–water partition coefficient (Wildman–Crippen LogP) is 2.31. The number of nitrogens with one attached hydrogen (secondary N) is 1. The lowest BCUT2D eigenvalue weighted by Gasteiger charge is -2.30. The Hall–Kier alpha value is -0.610. The fourth-order valence-corrected chi connectivity index (χ4v) is 2.34. The predicted molar refractivity (Wildman–Crippen MR) is 63.9 cm³/mol. The maximum absolute atomic E-state index is 13.4. The van der Waals surface area contributed by atoms with E-state index in [9.17, 15) is 4.39 Å². The molecule has 0 bridgehead atoms. The van der Waals surface area contributed by atoms with Gasteiger partial charge >= 0.3 is 0 Å². The van der Waals surface area contributed by atoms with Gasteiger partial charge in [0.15, 0.2) is 0 Å². The average Bonchev–Trinajstić information content (AvgIpc) is 2.25. The van der Waals surface area contributed by atoms with Crippen LogP contribution in [0.15, 0.2) is 16.6 Å². The smallest absolute Gasteiger partial charge is 0.139 e. The minimum Gasteiger partial charge on any atom is -0.369 e. The van der Waals surface area contributed by atoms with Crippen LogP contribution in [-0.4, -0.2) is 26.2 Å². The Morgan fingerprint density at radius 3 is 2.67 bits per heavy atom. The van der Waals surface area contributed by atoms with Crippen LogP contribution in [0.4, 0.5) is 10.1 Å². The maximum atomic E-state index is 13.4. The van der Waals surface area contributed by atoms with Gasteiger partial charge in [-0.1, -0.05) is 0 Å². The summed E-state index contributed by atoms with van der Waals surface area (Å²) in [6.07, 6.45) is 0. The molecule has 0 atom stereocenters. The number of piperazine rings is 1. The molecule has 1 N–H and O–H groups in total. The minimum atomic E-state index is -0.186. The molecule has 1 aromatic rings. The van der Waals surface area contributed by atoms with Crippen LogP contribution in [0.3, 0.4) is 0 Å². The van der Waals surface area contributed by atoms with Gasteiger partial charge in [-0.2, -0.15) is 0 Å². The molecule has 15 heavy (non-hydrogen) atoms. The molecule has 1 saturated heterocycles. The van der Waals surface area contributed by atoms with Gasteiger partial charge in [-0.05, 0) is 40.5 Å². The molecule has 0 spiro atoms. The van der Waals surface area contributed by atoms with E-state index in [0.29, 0.717) is 4.47 Å². The lowest BCUT2D eigenvalue weighted by molar-refractivity contribution is 0.582. The molecular weight excluding hydrogens is 259 g/mol. The van der Waals surface area contributed by atoms with E-state index in [0.717, 1.165) is 37.4 Å². The van der Waals surface area contributed by atoms with Crippen molar-refractivity contribution in [3.63, 3.8) is 0 Å². The zero-order chi connectivity index (χ0) is 10.8. The topological polar surface area (TPSA) is 15.3 Å². The molecular formula is C11H14BrFN2. The van der Waals surface area contributed by atoms with Crippen molar-refractivity contribution in [1.82, 2.24) is 5.32 Å². The molecule has 1 aliphatic heterocycles. The monoisotopic (exact) mass is 272 g/mol. The van der Waals surface area contributed by atoms with E-state index >= 15 is 0 Å². The normalized spacial score (nSPS) is 16.9. The second kappa shape index (κ2) is 4.49. The van der Waals surface area contributed by atoms with Crippen molar-refractivity contribution in [2.75, 3.05) is 31.1 Å². The van der Waals surface area contributed by atoms with Gasteiger partial charge in [-0.3, -0.25) is 0 Å². The molecule has 1 aromatic carbocycles. The third-order valence-electron chi connectivity index (χ3n) is 2.70. The first-order valence-corrected chi connectivity index (χ1v) is 5.89. The summed E-state index contributed by atoms with van der Waals surface area (Å²) >= 11 is 3.20. The van der Waals surface area contributed by atoms with Crippen LogP contribution < -0.4 is 10.2 Å². The van der Waals surface area contributed by atoms with E-state index in [2.05, 4.69) is 26.1 Å². The lowest BCUT2D eigenvalue weighted by atomic mass is 10.1. The third-order valence-corrected chi connectivity index (χ3v) is 3.30. The first kappa shape index (κ1) is 10.9. The Kier molecular flexibility index (Phi) is 3.26. The van der Waals surface area contributed by atoms with E-state index < -0.39 is 0 Å². The van der Waals surface area contributed by atoms with Gasteiger partial charge in [0, 0.05) is 31.9 Å². The molecule has 0 saturated carbocycles. The molecule has 4 heteroatoms. The van der Waals surface area contributed by atoms with Crippen molar-refractivity contribution >= 4 is 21.6 Å². The Labute approximate surface area is 97.6 Å². The van der Waals surface area contributed by atoms with Crippen molar-refractivity contribution < 1.29 is 4.39 Å². The number of anilines is 1. The van der Waals surface area contributed by atoms with Crippen molar-refractivity contribution in [3.8, 4) is 0 Å². The van der Waals surface area contributed by atoms with Crippen LogP contribution in [0, 0.1) is 12.7 Å². The van der Waals surface area contributed by atoms with Crippen molar-refractivity contribution in [2.24, 2.45) is 0 Å². The molecule has 2 nitrogen and oxygen atoms in total. The zero-order valence-electron chi connectivity index (χ0n) is 8.69. The second-order valence-corrected chi connectivity index (χ2v) is 4.64. The number of hydrogen-bond donors (Lipinski definition) is 1. The van der Waals surface area contributed by atoms with Gasteiger partial charge in [0.25, 0.3) is 0 Å². The molecule has 82 valence electrons. The first-order chi connectivity index (χ1) is 7.18. The zero-order valence-corrected chi connectivity index (χ0v) is 10.3. The summed E-state index contributed by atoms with van der Waals surface area (Å²) < 4.78 is 14.0. The summed E-state index contributed by atoms with van der Waals surface area (Å²) in [5, 5.41) is 3.29. The fraction of sp³-hybridized carbons (Fsp3) is 0.455. The van der Waals surface area contributed by atoms with Crippen LogP contribution in [-0.2, 0) is 0 Å². The second-order valence-electron chi connectivity index (χ2n) is 3.79. The summed E-state index contributed by atoms with van der Waals surface area (Å²) in [4.78, 5) is 2.22. The highest BCUT2D eigenvalue weighted by atomic mass is 79.9. The summed E-state index contributed by atoms with van der Waals surface area (Å²) in [6.45, 7) is 5.85. The molecule has 0 aliphatic carbocycles. The summed E-state index contributed by atoms with van der Waals surface area (Å²) in [6, 6.07) is 3.46. The summed E-state index contributed by atoms with van der Waals surface area (Å²) in [5.74, 6) is -0.186. The van der Waals surface area contributed by atoms with Gasteiger partial charge < -0.3 is 10.2 Å². The Morgan fingerprint density at radius 2 is 2.00 bits per heavy atom. The minimum absolute atomic E-state index is 0.186. The van der Waals surface area contributed by atoms with Crippen LogP contribution in [0.1, 0.15) is 5.56 Å². The van der Waals surface area contributed by atoms with E-state index in [-0.39, 0.29) is 5.82 Å². The lowest BCUT2D eigenvalue weighted by Crippen LogP contribution is -2.43. The Morgan fingerprint density at radius 1 is 1.33 bits per heavy atom. The number of rotatable bonds is 1. The molecule has 0 unspecified atom stereocenters. The van der Waals surface area contributed by atoms with Gasteiger partial charge in [-0.25, -0.2) is 4.39 Å². The third kappa shape index (κ3) is 2.32. The molecule has 1 aliphatic rings. The van der Waals surface area contributed by atoms with E-state index in [1.807, 2.05) is 13.0 Å². The van der Waals surface area contributed by atoms with E-state index in [1.165, 1.54) is 0 Å². The number of aryl methyl sites for hydroxylation is 1. The highest BCUT2D eigenvalue weighted by molar-refractivity contribution is 9.10. The standard InChI is InChI=1S/C11H14BrFN2/c1-8-6-9(12)10(13)7-11(8)15-4-2-14-3-5-15/h6-7,14H,2-5H2,1H3. The van der Waals surface area contributed by atoms with Gasteiger partial charge in [-0.15, -0.1) is 0 Å². The SMILES string of the molecule is Cc1cc(Br)c(F)cc1N1CCNCC1. The van der Waals surface area contributed by atoms with Crippen molar-refractivity contribution in [3.05, 3.63) is 28.0 Å².